The molecule has 1 fully saturated rings. The van der Waals surface area contributed by atoms with E-state index in [1.165, 1.54) is 22.7 Å². The summed E-state index contributed by atoms with van der Waals surface area (Å²) in [4.78, 5) is 32.1. The lowest BCUT2D eigenvalue weighted by atomic mass is 9.99. The molecule has 3 aromatic rings. The second-order valence-corrected chi connectivity index (χ2v) is 9.52. The summed E-state index contributed by atoms with van der Waals surface area (Å²) >= 11 is 2.95. The number of nitrogen functional groups attached to an aromatic ring is 1. The largest absolute Gasteiger partial charge is 0.396 e. The highest BCUT2D eigenvalue weighted by Gasteiger charge is 2.28. The minimum absolute atomic E-state index is 0.224. The molecule has 33 heavy (non-hydrogen) atoms. The van der Waals surface area contributed by atoms with Crippen molar-refractivity contribution in [1.29, 1.82) is 0 Å². The van der Waals surface area contributed by atoms with E-state index < -0.39 is 0 Å². The zero-order valence-electron chi connectivity index (χ0n) is 18.4. The summed E-state index contributed by atoms with van der Waals surface area (Å²) in [6.45, 7) is 4.23. The fourth-order valence-corrected chi connectivity index (χ4v) is 5.39. The molecule has 1 saturated heterocycles. The number of urea groups is 1. The van der Waals surface area contributed by atoms with E-state index in [0.717, 1.165) is 43.6 Å². The lowest BCUT2D eigenvalue weighted by Gasteiger charge is -2.28. The van der Waals surface area contributed by atoms with E-state index in [2.05, 4.69) is 32.8 Å². The average Bonchev–Trinajstić information content (AvgIpc) is 3.57. The van der Waals surface area contributed by atoms with Gasteiger partial charge in [-0.25, -0.2) is 4.79 Å². The van der Waals surface area contributed by atoms with Crippen LogP contribution in [0.4, 0.5) is 21.9 Å². The Labute approximate surface area is 201 Å². The first-order valence-corrected chi connectivity index (χ1v) is 12.8. The number of nitrogens with two attached hydrogens (primary N) is 1. The minimum atomic E-state index is -0.320. The molecular weight excluding hydrogens is 456 g/mol. The SMILES string of the molecule is CCN1CCCC1CC(NC(=O)Nc1ccsc1)c1ccc(C(=O)Nc2cscc2N)nc1. The molecule has 4 heterocycles. The van der Waals surface area contributed by atoms with Gasteiger partial charge in [0.05, 0.1) is 23.1 Å². The van der Waals surface area contributed by atoms with Gasteiger partial charge in [-0.3, -0.25) is 9.78 Å². The van der Waals surface area contributed by atoms with Crippen molar-refractivity contribution in [3.63, 3.8) is 0 Å². The van der Waals surface area contributed by atoms with E-state index in [4.69, 9.17) is 5.73 Å². The van der Waals surface area contributed by atoms with Gasteiger partial charge in [0.25, 0.3) is 5.91 Å². The number of hydrogen-bond donors (Lipinski definition) is 4. The molecule has 8 nitrogen and oxygen atoms in total. The molecule has 5 N–H and O–H groups in total. The van der Waals surface area contributed by atoms with Crippen LogP contribution in [0.5, 0.6) is 0 Å². The summed E-state index contributed by atoms with van der Waals surface area (Å²) in [5.74, 6) is -0.320. The van der Waals surface area contributed by atoms with Crippen LogP contribution < -0.4 is 21.7 Å². The Morgan fingerprint density at radius 1 is 1.21 bits per heavy atom. The predicted molar refractivity (Wildman–Crippen MR) is 135 cm³/mol. The Balaban J connectivity index is 1.48. The Morgan fingerprint density at radius 3 is 2.76 bits per heavy atom. The predicted octanol–water partition coefficient (Wildman–Crippen LogP) is 4.78. The number of carbonyl (C=O) groups is 2. The normalized spacial score (nSPS) is 16.9. The number of amides is 3. The lowest BCUT2D eigenvalue weighted by Crippen LogP contribution is -2.38. The van der Waals surface area contributed by atoms with E-state index in [1.54, 1.807) is 23.0 Å². The molecule has 2 unspecified atom stereocenters. The Bertz CT molecular complexity index is 1070. The number of nitrogens with zero attached hydrogens (tertiary/aromatic N) is 2. The van der Waals surface area contributed by atoms with Crippen LogP contribution in [0.2, 0.25) is 0 Å². The topological polar surface area (TPSA) is 112 Å². The van der Waals surface area contributed by atoms with Crippen molar-refractivity contribution in [3.05, 3.63) is 57.2 Å². The fraction of sp³-hybridized carbons (Fsp3) is 0.348. The third-order valence-electron chi connectivity index (χ3n) is 5.86. The number of pyridine rings is 1. The molecule has 0 spiro atoms. The maximum Gasteiger partial charge on any atom is 0.319 e. The maximum absolute atomic E-state index is 12.7. The molecule has 10 heteroatoms. The molecule has 174 valence electrons. The van der Waals surface area contributed by atoms with Crippen molar-refractivity contribution in [2.24, 2.45) is 0 Å². The first-order valence-electron chi connectivity index (χ1n) is 11.0. The third-order valence-corrected chi connectivity index (χ3v) is 7.30. The van der Waals surface area contributed by atoms with Crippen LogP contribution >= 0.6 is 22.7 Å². The van der Waals surface area contributed by atoms with E-state index in [-0.39, 0.29) is 18.0 Å². The van der Waals surface area contributed by atoms with E-state index >= 15 is 0 Å². The zero-order chi connectivity index (χ0) is 23.2. The van der Waals surface area contributed by atoms with Gasteiger partial charge in [0.15, 0.2) is 0 Å². The number of likely N-dealkylation sites (tertiary alicyclic amines) is 1. The molecule has 3 amide bonds. The number of thiophene rings is 2. The number of nitrogens with one attached hydrogen (secondary N) is 3. The van der Waals surface area contributed by atoms with Gasteiger partial charge in [-0.2, -0.15) is 11.3 Å². The molecule has 0 aliphatic carbocycles. The van der Waals surface area contributed by atoms with Crippen LogP contribution in [0, 0.1) is 0 Å². The monoisotopic (exact) mass is 484 g/mol. The smallest absolute Gasteiger partial charge is 0.319 e. The van der Waals surface area contributed by atoms with Gasteiger partial charge in [-0.15, -0.1) is 11.3 Å². The van der Waals surface area contributed by atoms with Crippen LogP contribution in [-0.2, 0) is 0 Å². The summed E-state index contributed by atoms with van der Waals surface area (Å²) in [5.41, 5.74) is 8.89. The second-order valence-electron chi connectivity index (χ2n) is 8.00. The Morgan fingerprint density at radius 2 is 2.09 bits per heavy atom. The van der Waals surface area contributed by atoms with Crippen molar-refractivity contribution in [1.82, 2.24) is 15.2 Å². The van der Waals surface area contributed by atoms with Crippen LogP contribution in [-0.4, -0.2) is 41.0 Å². The highest BCUT2D eigenvalue weighted by Crippen LogP contribution is 2.28. The number of rotatable bonds is 8. The van der Waals surface area contributed by atoms with E-state index in [1.807, 2.05) is 22.9 Å². The van der Waals surface area contributed by atoms with Crippen LogP contribution in [0.1, 0.15) is 48.3 Å². The standard InChI is InChI=1S/C23H28N6O2S2/c1-2-29-8-3-4-17(29)10-20(28-23(31)26-16-7-9-32-12-16)15-5-6-19(25-11-15)22(30)27-21-14-33-13-18(21)24/h5-7,9,11-14,17,20H,2-4,8,10,24H2,1H3,(H,27,30)(H2,26,28,31). The molecule has 4 rings (SSSR count). The van der Waals surface area contributed by atoms with Crippen molar-refractivity contribution >= 4 is 51.7 Å². The van der Waals surface area contributed by atoms with Crippen molar-refractivity contribution in [2.45, 2.75) is 38.3 Å². The van der Waals surface area contributed by atoms with Crippen LogP contribution in [0.3, 0.4) is 0 Å². The van der Waals surface area contributed by atoms with Crippen molar-refractivity contribution in [3.8, 4) is 0 Å². The molecule has 0 radical (unpaired) electrons. The first-order chi connectivity index (χ1) is 16.0. The van der Waals surface area contributed by atoms with Crippen molar-refractivity contribution in [2.75, 3.05) is 29.5 Å². The maximum atomic E-state index is 12.7. The summed E-state index contributed by atoms with van der Waals surface area (Å²) in [6, 6.07) is 5.33. The van der Waals surface area contributed by atoms with Gasteiger partial charge < -0.3 is 26.6 Å². The number of carbonyl (C=O) groups excluding carboxylic acids is 2. The molecule has 0 bridgehead atoms. The van der Waals surface area contributed by atoms with Crippen LogP contribution in [0.25, 0.3) is 0 Å². The van der Waals surface area contributed by atoms with Gasteiger partial charge in [0, 0.05) is 28.4 Å². The summed E-state index contributed by atoms with van der Waals surface area (Å²) in [7, 11) is 0. The van der Waals surface area contributed by atoms with Gasteiger partial charge in [0.2, 0.25) is 0 Å². The average molecular weight is 485 g/mol. The fourth-order valence-electron chi connectivity index (χ4n) is 4.13. The van der Waals surface area contributed by atoms with Gasteiger partial charge in [-0.05, 0) is 55.4 Å². The quantitative estimate of drug-likeness (QED) is 0.368. The molecule has 3 aromatic heterocycles. The molecular formula is C23H28N6O2S2. The highest BCUT2D eigenvalue weighted by molar-refractivity contribution is 7.09. The third kappa shape index (κ3) is 5.89. The van der Waals surface area contributed by atoms with Gasteiger partial charge >= 0.3 is 6.03 Å². The number of anilines is 3. The Hall–Kier alpha value is -2.95. The summed E-state index contributed by atoms with van der Waals surface area (Å²) < 4.78 is 0. The number of aromatic nitrogens is 1. The summed E-state index contributed by atoms with van der Waals surface area (Å²) in [6.07, 6.45) is 4.72. The molecule has 2 atom stereocenters. The zero-order valence-corrected chi connectivity index (χ0v) is 20.0. The minimum Gasteiger partial charge on any atom is -0.396 e. The summed E-state index contributed by atoms with van der Waals surface area (Å²) in [5, 5.41) is 16.1. The molecule has 0 saturated carbocycles. The first kappa shape index (κ1) is 23.2. The second kappa shape index (κ2) is 10.8. The highest BCUT2D eigenvalue weighted by atomic mass is 32.1. The molecule has 1 aliphatic rings. The van der Waals surface area contributed by atoms with Gasteiger partial charge in [0.1, 0.15) is 5.69 Å². The van der Waals surface area contributed by atoms with Gasteiger partial charge in [-0.1, -0.05) is 13.0 Å². The number of hydrogen-bond acceptors (Lipinski definition) is 7. The molecule has 1 aliphatic heterocycles. The van der Waals surface area contributed by atoms with E-state index in [9.17, 15) is 9.59 Å². The molecule has 0 aromatic carbocycles. The Kier molecular flexibility index (Phi) is 7.58. The van der Waals surface area contributed by atoms with Crippen LogP contribution in [0.15, 0.2) is 45.9 Å². The van der Waals surface area contributed by atoms with Crippen molar-refractivity contribution < 1.29 is 9.59 Å². The van der Waals surface area contributed by atoms with E-state index in [0.29, 0.717) is 23.1 Å². The lowest BCUT2D eigenvalue weighted by molar-refractivity contribution is 0.102.